The normalized spacial score (nSPS) is 15.6. The van der Waals surface area contributed by atoms with E-state index in [9.17, 15) is 4.79 Å². The van der Waals surface area contributed by atoms with Crippen LogP contribution in [0, 0.1) is 0 Å². The minimum atomic E-state index is -0.502. The molecule has 10 heteroatoms. The maximum absolute atomic E-state index is 12.3. The molecule has 2 aliphatic heterocycles. The van der Waals surface area contributed by atoms with Gasteiger partial charge in [-0.1, -0.05) is 97.1 Å². The van der Waals surface area contributed by atoms with Crippen LogP contribution in [0.2, 0.25) is 0 Å². The van der Waals surface area contributed by atoms with E-state index in [0.717, 1.165) is 64.9 Å². The summed E-state index contributed by atoms with van der Waals surface area (Å²) in [5.74, 6) is 1.50. The van der Waals surface area contributed by atoms with Crippen molar-refractivity contribution in [1.29, 1.82) is 0 Å². The van der Waals surface area contributed by atoms with Crippen LogP contribution in [0.3, 0.4) is 0 Å². The molecule has 0 saturated carbocycles. The summed E-state index contributed by atoms with van der Waals surface area (Å²) < 4.78 is 29.1. The lowest BCUT2D eigenvalue weighted by atomic mass is 10.0. The number of aromatic nitrogens is 2. The van der Waals surface area contributed by atoms with Gasteiger partial charge in [0.1, 0.15) is 30.3 Å². The number of pyridine rings is 2. The molecule has 2 aliphatic rings. The average molecular weight is 849 g/mol. The molecule has 8 rings (SSSR count). The van der Waals surface area contributed by atoms with Crippen LogP contribution in [0.4, 0.5) is 4.79 Å². The number of nitrogens with zero attached hydrogens (tertiary/aromatic N) is 3. The first-order valence-electron chi connectivity index (χ1n) is 22.0. The summed E-state index contributed by atoms with van der Waals surface area (Å²) in [6.07, 6.45) is 10.8. The third-order valence-electron chi connectivity index (χ3n) is 10.8. The van der Waals surface area contributed by atoms with Crippen molar-refractivity contribution < 1.29 is 28.5 Å². The van der Waals surface area contributed by atoms with Crippen molar-refractivity contribution in [3.8, 4) is 33.8 Å². The lowest BCUT2D eigenvalue weighted by molar-refractivity contribution is -0.0141. The number of likely N-dealkylation sites (tertiary alicyclic amines) is 1. The Morgan fingerprint density at radius 3 is 1.59 bits per heavy atom. The van der Waals surface area contributed by atoms with Gasteiger partial charge in [-0.05, 0) is 111 Å². The van der Waals surface area contributed by atoms with Gasteiger partial charge in [-0.15, -0.1) is 0 Å². The van der Waals surface area contributed by atoms with Gasteiger partial charge >= 0.3 is 6.09 Å². The second-order valence-electron chi connectivity index (χ2n) is 17.0. The molecule has 328 valence electrons. The minimum absolute atomic E-state index is 0.0184. The number of ether oxygens (including phenoxy) is 5. The fourth-order valence-corrected chi connectivity index (χ4v) is 7.10. The van der Waals surface area contributed by atoms with Crippen LogP contribution in [0.1, 0.15) is 55.9 Å². The second-order valence-corrected chi connectivity index (χ2v) is 17.0. The summed E-state index contributed by atoms with van der Waals surface area (Å²) >= 11 is 0. The summed E-state index contributed by atoms with van der Waals surface area (Å²) in [6, 6.07) is 42.0. The van der Waals surface area contributed by atoms with E-state index in [4.69, 9.17) is 23.7 Å². The summed E-state index contributed by atoms with van der Waals surface area (Å²) in [6.45, 7) is 11.1. The smallest absolute Gasteiger partial charge is 0.410 e. The van der Waals surface area contributed by atoms with E-state index in [0.29, 0.717) is 58.0 Å². The van der Waals surface area contributed by atoms with Gasteiger partial charge in [0.25, 0.3) is 0 Å². The zero-order valence-corrected chi connectivity index (χ0v) is 36.8. The molecule has 0 spiro atoms. The van der Waals surface area contributed by atoms with Gasteiger partial charge < -0.3 is 33.9 Å². The molecular weight excluding hydrogens is 789 g/mol. The summed E-state index contributed by atoms with van der Waals surface area (Å²) in [5, 5.41) is 3.34. The van der Waals surface area contributed by atoms with Crippen molar-refractivity contribution in [2.75, 3.05) is 39.5 Å². The predicted molar refractivity (Wildman–Crippen MR) is 248 cm³/mol. The monoisotopic (exact) mass is 848 g/mol. The highest BCUT2D eigenvalue weighted by atomic mass is 16.6. The Kier molecular flexibility index (Phi) is 16.3. The lowest BCUT2D eigenvalue weighted by Gasteiger charge is -2.40. The number of hydrogen-bond acceptors (Lipinski definition) is 9. The first kappa shape index (κ1) is 45.0. The Balaban J connectivity index is 0.000000193. The van der Waals surface area contributed by atoms with Gasteiger partial charge in [0.15, 0.2) is 0 Å². The lowest BCUT2D eigenvalue weighted by Crippen LogP contribution is -2.55. The number of carbonyl (C=O) groups is 1. The van der Waals surface area contributed by atoms with Crippen LogP contribution < -0.4 is 14.8 Å². The molecule has 63 heavy (non-hydrogen) atoms. The van der Waals surface area contributed by atoms with Crippen molar-refractivity contribution >= 4 is 6.09 Å². The molecule has 1 N–H and O–H groups in total. The maximum Gasteiger partial charge on any atom is 0.410 e. The first-order chi connectivity index (χ1) is 30.7. The highest BCUT2D eigenvalue weighted by Gasteiger charge is 2.35. The Morgan fingerprint density at radius 2 is 1.13 bits per heavy atom. The molecule has 6 aromatic rings. The van der Waals surface area contributed by atoms with E-state index in [1.165, 1.54) is 17.5 Å². The molecule has 0 unspecified atom stereocenters. The van der Waals surface area contributed by atoms with Crippen LogP contribution in [0.5, 0.6) is 11.5 Å². The molecule has 10 nitrogen and oxygen atoms in total. The van der Waals surface area contributed by atoms with Gasteiger partial charge in [0.05, 0.1) is 44.9 Å². The zero-order valence-electron chi connectivity index (χ0n) is 36.8. The number of hydrogen-bond donors (Lipinski definition) is 1. The van der Waals surface area contributed by atoms with E-state index in [1.807, 2.05) is 69.6 Å². The molecule has 4 heterocycles. The predicted octanol–water partition coefficient (Wildman–Crippen LogP) is 10.1. The Labute approximate surface area is 372 Å². The molecular formula is C53H60N4O6. The maximum atomic E-state index is 12.3. The van der Waals surface area contributed by atoms with E-state index >= 15 is 0 Å². The molecule has 0 radical (unpaired) electrons. The minimum Gasteiger partial charge on any atom is -0.490 e. The molecule has 0 bridgehead atoms. The van der Waals surface area contributed by atoms with E-state index in [1.54, 1.807) is 17.3 Å². The van der Waals surface area contributed by atoms with Crippen molar-refractivity contribution in [1.82, 2.24) is 20.2 Å². The highest BCUT2D eigenvalue weighted by molar-refractivity contribution is 5.69. The summed E-state index contributed by atoms with van der Waals surface area (Å²) in [5.41, 5.74) is 8.58. The van der Waals surface area contributed by atoms with Gasteiger partial charge in [0.2, 0.25) is 0 Å². The molecule has 2 aromatic heterocycles. The third kappa shape index (κ3) is 14.5. The molecule has 2 saturated heterocycles. The van der Waals surface area contributed by atoms with Crippen LogP contribution >= 0.6 is 0 Å². The Hall–Kier alpha value is -6.07. The van der Waals surface area contributed by atoms with Gasteiger partial charge in [-0.25, -0.2) is 4.79 Å². The van der Waals surface area contributed by atoms with Gasteiger partial charge in [0, 0.05) is 36.1 Å². The standard InChI is InChI=1S/C29H34N2O4.C24H26N2O2/c1-29(2,3)35-28(32)31-14-12-26(31)21-34-27-17-25(18-30-19-27)24-11-7-10-23(16-24)20-33-15-13-22-8-5-4-6-9-22;1-2-5-19(6-3-1)10-12-27-17-20-7-4-8-21(13-20)22-14-24(16-25-15-22)28-18-23-9-11-26-23/h4-11,16-19,26H,12-15,20-21H2,1-3H3;1-8,13-16,23,26H,9-12,17-18H2/t26-;23-/m00/s1. The van der Waals surface area contributed by atoms with Crippen LogP contribution in [0.15, 0.2) is 146 Å². The fraction of sp³-hybridized carbons (Fsp3) is 0.340. The summed E-state index contributed by atoms with van der Waals surface area (Å²) in [7, 11) is 0. The molecule has 2 atom stereocenters. The number of nitrogens with one attached hydrogen (secondary N) is 1. The highest BCUT2D eigenvalue weighted by Crippen LogP contribution is 2.27. The number of rotatable bonds is 18. The molecule has 1 amide bonds. The van der Waals surface area contributed by atoms with Crippen molar-refractivity contribution in [2.45, 2.75) is 77.4 Å². The van der Waals surface area contributed by atoms with E-state index in [-0.39, 0.29) is 12.1 Å². The third-order valence-corrected chi connectivity index (χ3v) is 10.8. The second kappa shape index (κ2) is 22.9. The molecule has 0 aliphatic carbocycles. The number of amides is 1. The topological polar surface area (TPSA) is 104 Å². The number of carbonyl (C=O) groups excluding carboxylic acids is 1. The first-order valence-corrected chi connectivity index (χ1v) is 22.0. The number of benzene rings is 4. The van der Waals surface area contributed by atoms with Crippen molar-refractivity contribution in [3.05, 3.63) is 168 Å². The Morgan fingerprint density at radius 1 is 0.619 bits per heavy atom. The molecule has 2 fully saturated rings. The van der Waals surface area contributed by atoms with Crippen LogP contribution in [-0.2, 0) is 40.3 Å². The van der Waals surface area contributed by atoms with Crippen LogP contribution in [-0.4, -0.2) is 78.2 Å². The van der Waals surface area contributed by atoms with E-state index in [2.05, 4.69) is 100 Å². The largest absolute Gasteiger partial charge is 0.490 e. The Bertz CT molecular complexity index is 2310. The van der Waals surface area contributed by atoms with Gasteiger partial charge in [-0.3, -0.25) is 9.97 Å². The van der Waals surface area contributed by atoms with Crippen molar-refractivity contribution in [2.24, 2.45) is 0 Å². The summed E-state index contributed by atoms with van der Waals surface area (Å²) in [4.78, 5) is 22.8. The van der Waals surface area contributed by atoms with Crippen LogP contribution in [0.25, 0.3) is 22.3 Å². The zero-order chi connectivity index (χ0) is 43.7. The molecule has 4 aromatic carbocycles. The SMILES string of the molecule is CC(C)(C)OC(=O)N1CC[C@H]1COc1cncc(-c2cccc(COCCc3ccccc3)c2)c1.c1ccc(CCOCc2cccc(-c3cncc(OC[C@@H]4CCN4)c3)c2)cc1. The fourth-order valence-electron chi connectivity index (χ4n) is 7.10. The average Bonchev–Trinajstić information content (AvgIpc) is 3.26. The van der Waals surface area contributed by atoms with Gasteiger partial charge in [-0.2, -0.15) is 0 Å². The van der Waals surface area contributed by atoms with E-state index < -0.39 is 5.60 Å². The quantitative estimate of drug-likeness (QED) is 0.0847. The van der Waals surface area contributed by atoms with Crippen molar-refractivity contribution in [3.63, 3.8) is 0 Å².